The van der Waals surface area contributed by atoms with Crippen molar-refractivity contribution in [1.29, 1.82) is 5.26 Å². The highest BCUT2D eigenvalue weighted by Gasteiger charge is 2.25. The second-order valence-electron chi connectivity index (χ2n) is 6.91. The Hall–Kier alpha value is -1.74. The molecular weight excluding hydrogens is 415 g/mol. The van der Waals surface area contributed by atoms with Crippen molar-refractivity contribution in [3.05, 3.63) is 44.2 Å². The number of anilines is 1. The predicted octanol–water partition coefficient (Wildman–Crippen LogP) is 6.24. The molecule has 7 heteroatoms. The average Bonchev–Trinajstić information content (AvgIpc) is 3.02. The van der Waals surface area contributed by atoms with Crippen LogP contribution in [0, 0.1) is 17.2 Å². The number of amides is 1. The number of hydrogen-bond donors (Lipinski definition) is 1. The van der Waals surface area contributed by atoms with Gasteiger partial charge in [0.15, 0.2) is 0 Å². The van der Waals surface area contributed by atoms with Gasteiger partial charge in [-0.25, -0.2) is 0 Å². The van der Waals surface area contributed by atoms with Crippen LogP contribution in [0.3, 0.4) is 0 Å². The minimum atomic E-state index is -0.104. The summed E-state index contributed by atoms with van der Waals surface area (Å²) < 4.78 is 5.61. The predicted molar refractivity (Wildman–Crippen MR) is 115 cm³/mol. The molecule has 148 valence electrons. The van der Waals surface area contributed by atoms with Gasteiger partial charge in [0.05, 0.1) is 17.2 Å². The van der Waals surface area contributed by atoms with E-state index in [9.17, 15) is 10.1 Å². The minimum Gasteiger partial charge on any atom is -0.492 e. The maximum Gasteiger partial charge on any atom is 0.225 e. The van der Waals surface area contributed by atoms with Gasteiger partial charge in [0.25, 0.3) is 0 Å². The first kappa shape index (κ1) is 21.0. The Morgan fingerprint density at radius 2 is 2.25 bits per heavy atom. The summed E-state index contributed by atoms with van der Waals surface area (Å²) in [7, 11) is 0. The largest absolute Gasteiger partial charge is 0.492 e. The summed E-state index contributed by atoms with van der Waals surface area (Å²) in [5.74, 6) is 1.13. The average molecular weight is 437 g/mol. The van der Waals surface area contributed by atoms with Crippen molar-refractivity contribution in [2.24, 2.45) is 5.92 Å². The van der Waals surface area contributed by atoms with E-state index in [1.165, 1.54) is 4.88 Å². The molecule has 1 amide bonds. The molecule has 1 aromatic heterocycles. The van der Waals surface area contributed by atoms with Crippen LogP contribution in [-0.2, 0) is 17.6 Å². The van der Waals surface area contributed by atoms with Gasteiger partial charge in [0, 0.05) is 16.3 Å². The summed E-state index contributed by atoms with van der Waals surface area (Å²) in [5, 5.41) is 14.2. The van der Waals surface area contributed by atoms with Crippen LogP contribution in [0.2, 0.25) is 10.0 Å². The molecule has 1 atom stereocenters. The summed E-state index contributed by atoms with van der Waals surface area (Å²) >= 11 is 13.5. The number of halogens is 2. The number of ether oxygens (including phenoxy) is 1. The highest BCUT2D eigenvalue weighted by Crippen LogP contribution is 2.40. The number of nitriles is 1. The standard InChI is InChI=1S/C21H22Cl2N2O2S/c1-2-13-5-7-15-16(12-24)21(28-19(15)10-13)25-20(26)4-3-9-27-18-8-6-14(22)11-17(18)23/h6,8,11,13H,2-5,7,9-10H2,1H3,(H,25,26). The SMILES string of the molecule is CCC1CCc2c(sc(NC(=O)CCCOc3ccc(Cl)cc3Cl)c2C#N)C1. The summed E-state index contributed by atoms with van der Waals surface area (Å²) in [5.41, 5.74) is 1.78. The van der Waals surface area contributed by atoms with Crippen molar-refractivity contribution < 1.29 is 9.53 Å². The highest BCUT2D eigenvalue weighted by molar-refractivity contribution is 7.16. The van der Waals surface area contributed by atoms with Gasteiger partial charge in [0.2, 0.25) is 5.91 Å². The molecular formula is C21H22Cl2N2O2S. The molecule has 1 heterocycles. The van der Waals surface area contributed by atoms with Gasteiger partial charge in [-0.05, 0) is 55.4 Å². The van der Waals surface area contributed by atoms with Gasteiger partial charge in [-0.1, -0.05) is 36.5 Å². The fourth-order valence-corrected chi connectivity index (χ4v) is 5.20. The molecule has 1 unspecified atom stereocenters. The molecule has 2 aromatic rings. The highest BCUT2D eigenvalue weighted by atomic mass is 35.5. The van der Waals surface area contributed by atoms with E-state index in [-0.39, 0.29) is 5.91 Å². The Morgan fingerprint density at radius 3 is 2.96 bits per heavy atom. The molecule has 28 heavy (non-hydrogen) atoms. The number of carbonyl (C=O) groups excluding carboxylic acids is 1. The number of carbonyl (C=O) groups is 1. The van der Waals surface area contributed by atoms with E-state index in [0.29, 0.717) is 51.7 Å². The smallest absolute Gasteiger partial charge is 0.225 e. The van der Waals surface area contributed by atoms with Crippen LogP contribution in [0.5, 0.6) is 5.75 Å². The van der Waals surface area contributed by atoms with Crippen molar-refractivity contribution in [3.8, 4) is 11.8 Å². The second-order valence-corrected chi connectivity index (χ2v) is 8.86. The quantitative estimate of drug-likeness (QED) is 0.522. The monoisotopic (exact) mass is 436 g/mol. The number of rotatable bonds is 7. The zero-order valence-corrected chi connectivity index (χ0v) is 18.0. The van der Waals surface area contributed by atoms with Gasteiger partial charge in [0.1, 0.15) is 16.8 Å². The maximum absolute atomic E-state index is 12.3. The third-order valence-corrected chi connectivity index (χ3v) is 6.71. The van der Waals surface area contributed by atoms with E-state index < -0.39 is 0 Å². The first-order valence-electron chi connectivity index (χ1n) is 9.44. The zero-order valence-electron chi connectivity index (χ0n) is 15.7. The summed E-state index contributed by atoms with van der Waals surface area (Å²) in [6.07, 6.45) is 5.08. The maximum atomic E-state index is 12.3. The lowest BCUT2D eigenvalue weighted by atomic mass is 9.86. The van der Waals surface area contributed by atoms with E-state index in [0.717, 1.165) is 31.2 Å². The van der Waals surface area contributed by atoms with Crippen LogP contribution < -0.4 is 10.1 Å². The molecule has 0 aliphatic heterocycles. The topological polar surface area (TPSA) is 62.1 Å². The van der Waals surface area contributed by atoms with E-state index in [1.54, 1.807) is 29.5 Å². The van der Waals surface area contributed by atoms with Crippen molar-refractivity contribution >= 4 is 45.4 Å². The Labute approximate surface area is 179 Å². The van der Waals surface area contributed by atoms with Crippen LogP contribution in [0.25, 0.3) is 0 Å². The molecule has 0 saturated heterocycles. The lowest BCUT2D eigenvalue weighted by Gasteiger charge is -2.20. The number of benzene rings is 1. The van der Waals surface area contributed by atoms with Crippen molar-refractivity contribution in [3.63, 3.8) is 0 Å². The van der Waals surface area contributed by atoms with E-state index in [2.05, 4.69) is 18.3 Å². The summed E-state index contributed by atoms with van der Waals surface area (Å²) in [6.45, 7) is 2.58. The molecule has 0 spiro atoms. The van der Waals surface area contributed by atoms with Gasteiger partial charge in [-0.2, -0.15) is 5.26 Å². The third kappa shape index (κ3) is 5.00. The Kier molecular flexibility index (Phi) is 7.23. The van der Waals surface area contributed by atoms with E-state index >= 15 is 0 Å². The molecule has 0 bridgehead atoms. The minimum absolute atomic E-state index is 0.104. The van der Waals surface area contributed by atoms with Crippen LogP contribution in [-0.4, -0.2) is 12.5 Å². The number of thiophene rings is 1. The number of nitrogens with one attached hydrogen (secondary N) is 1. The molecule has 3 rings (SSSR count). The number of nitrogens with zero attached hydrogens (tertiary/aromatic N) is 1. The summed E-state index contributed by atoms with van der Waals surface area (Å²) in [6, 6.07) is 7.33. The zero-order chi connectivity index (χ0) is 20.1. The molecule has 0 saturated carbocycles. The first-order chi connectivity index (χ1) is 13.5. The molecule has 0 radical (unpaired) electrons. The van der Waals surface area contributed by atoms with Gasteiger partial charge in [-0.15, -0.1) is 11.3 Å². The Balaban J connectivity index is 1.52. The van der Waals surface area contributed by atoms with Crippen molar-refractivity contribution in [2.75, 3.05) is 11.9 Å². The number of fused-ring (bicyclic) bond motifs is 1. The molecule has 4 nitrogen and oxygen atoms in total. The van der Waals surface area contributed by atoms with Crippen molar-refractivity contribution in [1.82, 2.24) is 0 Å². The fraction of sp³-hybridized carbons (Fsp3) is 0.429. The molecule has 1 aliphatic rings. The Bertz CT molecular complexity index is 905. The molecule has 1 aliphatic carbocycles. The first-order valence-corrected chi connectivity index (χ1v) is 11.0. The normalized spacial score (nSPS) is 15.6. The lowest BCUT2D eigenvalue weighted by Crippen LogP contribution is -2.13. The molecule has 0 fully saturated rings. The molecule has 1 aromatic carbocycles. The van der Waals surface area contributed by atoms with Gasteiger partial charge < -0.3 is 10.1 Å². The van der Waals surface area contributed by atoms with Crippen LogP contribution in [0.15, 0.2) is 18.2 Å². The fourth-order valence-electron chi connectivity index (χ4n) is 3.41. The van der Waals surface area contributed by atoms with E-state index in [1.807, 2.05) is 0 Å². The van der Waals surface area contributed by atoms with Crippen LogP contribution >= 0.6 is 34.5 Å². The summed E-state index contributed by atoms with van der Waals surface area (Å²) in [4.78, 5) is 13.6. The Morgan fingerprint density at radius 1 is 1.43 bits per heavy atom. The molecule has 1 N–H and O–H groups in total. The van der Waals surface area contributed by atoms with Gasteiger partial charge in [-0.3, -0.25) is 4.79 Å². The third-order valence-electron chi connectivity index (χ3n) is 5.01. The van der Waals surface area contributed by atoms with Gasteiger partial charge >= 0.3 is 0 Å². The van der Waals surface area contributed by atoms with E-state index in [4.69, 9.17) is 27.9 Å². The van der Waals surface area contributed by atoms with Crippen LogP contribution in [0.4, 0.5) is 5.00 Å². The lowest BCUT2D eigenvalue weighted by molar-refractivity contribution is -0.116. The van der Waals surface area contributed by atoms with Crippen LogP contribution in [0.1, 0.15) is 48.6 Å². The number of hydrogen-bond acceptors (Lipinski definition) is 4. The van der Waals surface area contributed by atoms with Crippen molar-refractivity contribution in [2.45, 2.75) is 45.4 Å². The second kappa shape index (κ2) is 9.65.